The third kappa shape index (κ3) is 2.29. The van der Waals surface area contributed by atoms with Crippen molar-refractivity contribution < 1.29 is 9.13 Å². The van der Waals surface area contributed by atoms with Crippen LogP contribution in [0.25, 0.3) is 0 Å². The van der Waals surface area contributed by atoms with Crippen LogP contribution in [0, 0.1) is 5.82 Å². The van der Waals surface area contributed by atoms with Crippen LogP contribution in [0.15, 0.2) is 6.33 Å². The average Bonchev–Trinajstić information content (AvgIpc) is 2.67. The molecule has 0 saturated heterocycles. The van der Waals surface area contributed by atoms with Gasteiger partial charge in [0.25, 0.3) is 5.88 Å². The Bertz CT molecular complexity index is 372. The number of hydrogen-bond acceptors (Lipinski definition) is 4. The molecule has 0 radical (unpaired) electrons. The fourth-order valence-corrected chi connectivity index (χ4v) is 1.95. The number of nitrogens with two attached hydrogens (primary N) is 1. The van der Waals surface area contributed by atoms with Crippen LogP contribution in [0.4, 0.5) is 4.39 Å². The van der Waals surface area contributed by atoms with Crippen LogP contribution in [0.5, 0.6) is 5.88 Å². The van der Waals surface area contributed by atoms with Crippen LogP contribution in [0.2, 0.25) is 0 Å². The Labute approximate surface area is 94.0 Å². The minimum atomic E-state index is -0.439. The van der Waals surface area contributed by atoms with Crippen molar-refractivity contribution >= 4 is 0 Å². The molecule has 0 amide bonds. The zero-order valence-corrected chi connectivity index (χ0v) is 9.32. The minimum absolute atomic E-state index is 0.0101. The van der Waals surface area contributed by atoms with Crippen molar-refractivity contribution in [3.05, 3.63) is 17.8 Å². The zero-order valence-electron chi connectivity index (χ0n) is 9.32. The number of aromatic nitrogens is 2. The van der Waals surface area contributed by atoms with Crippen LogP contribution in [0.1, 0.15) is 31.9 Å². The molecule has 1 aromatic heterocycles. The topological polar surface area (TPSA) is 61.0 Å². The van der Waals surface area contributed by atoms with Crippen molar-refractivity contribution in [3.63, 3.8) is 0 Å². The van der Waals surface area contributed by atoms with Crippen LogP contribution in [-0.4, -0.2) is 22.1 Å². The zero-order chi connectivity index (χ0) is 11.5. The predicted molar refractivity (Wildman–Crippen MR) is 57.6 cm³/mol. The van der Waals surface area contributed by atoms with Gasteiger partial charge in [0.05, 0.1) is 5.69 Å². The molecule has 1 fully saturated rings. The molecule has 2 rings (SSSR count). The summed E-state index contributed by atoms with van der Waals surface area (Å²) in [5.41, 5.74) is 6.16. The first-order valence-corrected chi connectivity index (χ1v) is 5.62. The first-order chi connectivity index (χ1) is 7.70. The van der Waals surface area contributed by atoms with E-state index in [4.69, 9.17) is 10.5 Å². The number of ether oxygens (including phenoxy) is 1. The number of hydrogen-bond donors (Lipinski definition) is 1. The highest BCUT2D eigenvalue weighted by molar-refractivity contribution is 5.17. The molecule has 0 spiro atoms. The van der Waals surface area contributed by atoms with E-state index in [2.05, 4.69) is 9.97 Å². The third-order valence-corrected chi connectivity index (χ3v) is 2.87. The first-order valence-electron chi connectivity index (χ1n) is 5.62. The molecule has 2 N–H and O–H groups in total. The standard InChI is InChI=1S/C11H16FN3O/c1-2-9-10(12)11(15-6-14-9)16-8-4-3-7(13)5-8/h6-8H,2-5,13H2,1H3. The summed E-state index contributed by atoms with van der Waals surface area (Å²) in [4.78, 5) is 7.68. The van der Waals surface area contributed by atoms with Crippen LogP contribution in [0.3, 0.4) is 0 Å². The van der Waals surface area contributed by atoms with Gasteiger partial charge in [-0.25, -0.2) is 4.98 Å². The van der Waals surface area contributed by atoms with E-state index in [0.29, 0.717) is 12.1 Å². The number of rotatable bonds is 3. The smallest absolute Gasteiger partial charge is 0.254 e. The van der Waals surface area contributed by atoms with E-state index in [0.717, 1.165) is 19.3 Å². The Morgan fingerprint density at radius 3 is 2.94 bits per heavy atom. The molecule has 1 aromatic rings. The van der Waals surface area contributed by atoms with E-state index in [1.54, 1.807) is 0 Å². The van der Waals surface area contributed by atoms with E-state index in [1.807, 2.05) is 6.92 Å². The summed E-state index contributed by atoms with van der Waals surface area (Å²) in [5, 5.41) is 0. The second-order valence-electron chi connectivity index (χ2n) is 4.11. The van der Waals surface area contributed by atoms with E-state index in [9.17, 15) is 4.39 Å². The lowest BCUT2D eigenvalue weighted by Gasteiger charge is -2.13. The molecule has 16 heavy (non-hydrogen) atoms. The normalized spacial score (nSPS) is 24.7. The average molecular weight is 225 g/mol. The van der Waals surface area contributed by atoms with E-state index >= 15 is 0 Å². The Morgan fingerprint density at radius 2 is 2.31 bits per heavy atom. The lowest BCUT2D eigenvalue weighted by molar-refractivity contribution is 0.188. The molecule has 0 bridgehead atoms. The van der Waals surface area contributed by atoms with Crippen LogP contribution < -0.4 is 10.5 Å². The summed E-state index contributed by atoms with van der Waals surface area (Å²) in [5.74, 6) is -0.378. The van der Waals surface area contributed by atoms with Gasteiger partial charge in [0, 0.05) is 6.04 Å². The molecule has 1 heterocycles. The highest BCUT2D eigenvalue weighted by atomic mass is 19.1. The first kappa shape index (κ1) is 11.3. The summed E-state index contributed by atoms with van der Waals surface area (Å²) < 4.78 is 19.3. The highest BCUT2D eigenvalue weighted by Gasteiger charge is 2.25. The fraction of sp³-hybridized carbons (Fsp3) is 0.636. The third-order valence-electron chi connectivity index (χ3n) is 2.87. The van der Waals surface area contributed by atoms with Crippen molar-refractivity contribution in [1.82, 2.24) is 9.97 Å². The lowest BCUT2D eigenvalue weighted by atomic mass is 10.3. The SMILES string of the molecule is CCc1ncnc(OC2CCC(N)C2)c1F. The van der Waals surface area contributed by atoms with Gasteiger partial charge in [-0.1, -0.05) is 6.92 Å². The lowest BCUT2D eigenvalue weighted by Crippen LogP contribution is -2.20. The van der Waals surface area contributed by atoms with Gasteiger partial charge in [-0.2, -0.15) is 9.37 Å². The van der Waals surface area contributed by atoms with Gasteiger partial charge in [0.1, 0.15) is 12.4 Å². The van der Waals surface area contributed by atoms with Gasteiger partial charge < -0.3 is 10.5 Å². The van der Waals surface area contributed by atoms with Crippen LogP contribution >= 0.6 is 0 Å². The molecule has 2 unspecified atom stereocenters. The minimum Gasteiger partial charge on any atom is -0.472 e. The Kier molecular flexibility index (Phi) is 3.33. The van der Waals surface area contributed by atoms with E-state index in [1.165, 1.54) is 6.33 Å². The molecule has 0 aliphatic heterocycles. The van der Waals surface area contributed by atoms with Crippen molar-refractivity contribution in [2.24, 2.45) is 5.73 Å². The molecule has 2 atom stereocenters. The number of halogens is 1. The second-order valence-corrected chi connectivity index (χ2v) is 4.11. The summed E-state index contributed by atoms with van der Waals surface area (Å²) >= 11 is 0. The second kappa shape index (κ2) is 4.74. The van der Waals surface area contributed by atoms with Crippen molar-refractivity contribution in [1.29, 1.82) is 0 Å². The van der Waals surface area contributed by atoms with Gasteiger partial charge in [0.2, 0.25) is 5.82 Å². The molecule has 5 heteroatoms. The van der Waals surface area contributed by atoms with Gasteiger partial charge in [-0.3, -0.25) is 0 Å². The van der Waals surface area contributed by atoms with Crippen LogP contribution in [-0.2, 0) is 6.42 Å². The van der Waals surface area contributed by atoms with Gasteiger partial charge in [0.15, 0.2) is 0 Å². The van der Waals surface area contributed by atoms with Crippen molar-refractivity contribution in [2.45, 2.75) is 44.8 Å². The molecule has 0 aromatic carbocycles. The fourth-order valence-electron chi connectivity index (χ4n) is 1.95. The monoisotopic (exact) mass is 225 g/mol. The van der Waals surface area contributed by atoms with Gasteiger partial charge in [-0.05, 0) is 25.7 Å². The summed E-state index contributed by atoms with van der Waals surface area (Å²) in [6.45, 7) is 1.85. The maximum Gasteiger partial charge on any atom is 0.254 e. The Hall–Kier alpha value is -1.23. The quantitative estimate of drug-likeness (QED) is 0.845. The maximum atomic E-state index is 13.7. The molecule has 1 aliphatic rings. The van der Waals surface area contributed by atoms with Gasteiger partial charge >= 0.3 is 0 Å². The Balaban J connectivity index is 2.09. The largest absolute Gasteiger partial charge is 0.472 e. The molecule has 4 nitrogen and oxygen atoms in total. The molecular weight excluding hydrogens is 209 g/mol. The maximum absolute atomic E-state index is 13.7. The Morgan fingerprint density at radius 1 is 1.50 bits per heavy atom. The molecule has 1 aliphatic carbocycles. The summed E-state index contributed by atoms with van der Waals surface area (Å²) in [7, 11) is 0. The predicted octanol–water partition coefficient (Wildman–Crippen LogP) is 1.44. The highest BCUT2D eigenvalue weighted by Crippen LogP contribution is 2.24. The van der Waals surface area contributed by atoms with E-state index in [-0.39, 0.29) is 18.0 Å². The molecule has 88 valence electrons. The number of nitrogens with zero attached hydrogens (tertiary/aromatic N) is 2. The summed E-state index contributed by atoms with van der Waals surface area (Å²) in [6.07, 6.45) is 4.43. The van der Waals surface area contributed by atoms with E-state index < -0.39 is 5.82 Å². The molecule has 1 saturated carbocycles. The van der Waals surface area contributed by atoms with Crippen molar-refractivity contribution in [3.8, 4) is 5.88 Å². The number of aryl methyl sites for hydroxylation is 1. The molecular formula is C11H16FN3O. The van der Waals surface area contributed by atoms with Crippen molar-refractivity contribution in [2.75, 3.05) is 0 Å². The summed E-state index contributed by atoms with van der Waals surface area (Å²) in [6, 6.07) is 0.167. The van der Waals surface area contributed by atoms with Gasteiger partial charge in [-0.15, -0.1) is 0 Å².